The van der Waals surface area contributed by atoms with E-state index in [0.717, 1.165) is 32.1 Å². The lowest BCUT2D eigenvalue weighted by atomic mass is 10.1. The Morgan fingerprint density at radius 1 is 0.783 bits per heavy atom. The summed E-state index contributed by atoms with van der Waals surface area (Å²) in [4.78, 5) is 0. The number of unbranched alkanes of at least 4 members (excludes halogenated alkanes) is 6. The number of halogens is 5. The van der Waals surface area contributed by atoms with Crippen LogP contribution in [0.25, 0.3) is 0 Å². The standard InChI is InChI=1S/C17H24F5P/c1-2-3-4-5-6-7-11-14-23(15-12-9-8-10-13-15)17(21,22)16(18,19)20/h8-10,12-13H,2-7,11,14H2,1H3. The van der Waals surface area contributed by atoms with Gasteiger partial charge >= 0.3 is 11.8 Å². The number of benzene rings is 1. The Kier molecular flexibility index (Phi) is 8.46. The quantitative estimate of drug-likeness (QED) is 0.249. The van der Waals surface area contributed by atoms with Crippen molar-refractivity contribution in [3.05, 3.63) is 30.3 Å². The third-order valence-corrected chi connectivity index (χ3v) is 6.35. The molecule has 1 aromatic carbocycles. The summed E-state index contributed by atoms with van der Waals surface area (Å²) in [6, 6.07) is 7.42. The molecule has 0 nitrogen and oxygen atoms in total. The minimum Gasteiger partial charge on any atom is -0.191 e. The minimum absolute atomic E-state index is 0.0837. The van der Waals surface area contributed by atoms with Crippen molar-refractivity contribution >= 4 is 13.2 Å². The predicted molar refractivity (Wildman–Crippen MR) is 86.9 cm³/mol. The van der Waals surface area contributed by atoms with Gasteiger partial charge < -0.3 is 0 Å². The molecule has 0 aliphatic rings. The molecule has 0 spiro atoms. The first-order valence-corrected chi connectivity index (χ1v) is 9.60. The fourth-order valence-electron chi connectivity index (χ4n) is 2.42. The van der Waals surface area contributed by atoms with Gasteiger partial charge in [-0.05, 0) is 17.9 Å². The Hall–Kier alpha value is -0.700. The van der Waals surface area contributed by atoms with Crippen molar-refractivity contribution in [2.24, 2.45) is 0 Å². The average molecular weight is 354 g/mol. The van der Waals surface area contributed by atoms with Gasteiger partial charge in [0.2, 0.25) is 0 Å². The second-order valence-corrected chi connectivity index (χ2v) is 8.03. The van der Waals surface area contributed by atoms with Crippen molar-refractivity contribution in [3.63, 3.8) is 0 Å². The lowest BCUT2D eigenvalue weighted by Gasteiger charge is -2.29. The van der Waals surface area contributed by atoms with Gasteiger partial charge in [0.1, 0.15) is 0 Å². The van der Waals surface area contributed by atoms with Crippen LogP contribution in [0.3, 0.4) is 0 Å². The molecular weight excluding hydrogens is 330 g/mol. The van der Waals surface area contributed by atoms with E-state index in [0.29, 0.717) is 12.8 Å². The monoisotopic (exact) mass is 354 g/mol. The van der Waals surface area contributed by atoms with Crippen LogP contribution in [0.4, 0.5) is 22.0 Å². The topological polar surface area (TPSA) is 0 Å². The highest BCUT2D eigenvalue weighted by atomic mass is 31.1. The lowest BCUT2D eigenvalue weighted by Crippen LogP contribution is -2.38. The second-order valence-electron chi connectivity index (χ2n) is 5.65. The second kappa shape index (κ2) is 9.56. The first-order chi connectivity index (χ1) is 10.8. The van der Waals surface area contributed by atoms with E-state index in [4.69, 9.17) is 0 Å². The van der Waals surface area contributed by atoms with Gasteiger partial charge in [0.25, 0.3) is 0 Å². The van der Waals surface area contributed by atoms with E-state index in [1.165, 1.54) is 24.3 Å². The largest absolute Gasteiger partial charge is 0.457 e. The Bertz CT molecular complexity index is 430. The summed E-state index contributed by atoms with van der Waals surface area (Å²) in [7, 11) is -2.57. The van der Waals surface area contributed by atoms with Crippen LogP contribution >= 0.6 is 7.92 Å². The van der Waals surface area contributed by atoms with Crippen LogP contribution in [-0.4, -0.2) is 18.0 Å². The van der Waals surface area contributed by atoms with Crippen LogP contribution < -0.4 is 5.30 Å². The molecule has 1 unspecified atom stereocenters. The molecule has 1 rings (SSSR count). The van der Waals surface area contributed by atoms with Gasteiger partial charge in [-0.25, -0.2) is 0 Å². The fraction of sp³-hybridized carbons (Fsp3) is 0.647. The maximum atomic E-state index is 13.9. The highest BCUT2D eigenvalue weighted by Gasteiger charge is 2.62. The molecule has 0 aromatic heterocycles. The van der Waals surface area contributed by atoms with Crippen molar-refractivity contribution in [2.75, 3.05) is 6.16 Å². The number of hydrogen-bond acceptors (Lipinski definition) is 0. The normalized spacial score (nSPS) is 14.0. The summed E-state index contributed by atoms with van der Waals surface area (Å²) in [5.74, 6) is 0. The molecule has 0 radical (unpaired) electrons. The predicted octanol–water partition coefficient (Wildman–Crippen LogP) is 6.70. The van der Waals surface area contributed by atoms with Crippen molar-refractivity contribution in [1.82, 2.24) is 0 Å². The van der Waals surface area contributed by atoms with Crippen LogP contribution in [-0.2, 0) is 0 Å². The number of alkyl halides is 5. The molecule has 0 fully saturated rings. The maximum Gasteiger partial charge on any atom is 0.457 e. The van der Waals surface area contributed by atoms with Gasteiger partial charge in [0, 0.05) is 7.92 Å². The molecule has 0 heterocycles. The first-order valence-electron chi connectivity index (χ1n) is 8.08. The Balaban J connectivity index is 2.64. The molecule has 23 heavy (non-hydrogen) atoms. The van der Waals surface area contributed by atoms with Crippen LogP contribution in [0.5, 0.6) is 0 Å². The summed E-state index contributed by atoms with van der Waals surface area (Å²) in [6.45, 7) is 2.10. The molecule has 0 saturated carbocycles. The zero-order chi connectivity index (χ0) is 17.3. The summed E-state index contributed by atoms with van der Waals surface area (Å²) >= 11 is 0. The number of rotatable bonds is 10. The molecular formula is C17H24F5P. The molecule has 0 amide bonds. The molecule has 1 atom stereocenters. The number of hydrogen-bond donors (Lipinski definition) is 0. The van der Waals surface area contributed by atoms with Gasteiger partial charge in [-0.15, -0.1) is 0 Å². The maximum absolute atomic E-state index is 13.9. The van der Waals surface area contributed by atoms with E-state index in [2.05, 4.69) is 6.92 Å². The summed E-state index contributed by atoms with van der Waals surface area (Å²) in [5, 5.41) is 0.121. The van der Waals surface area contributed by atoms with Crippen LogP contribution in [0, 0.1) is 0 Å². The summed E-state index contributed by atoms with van der Waals surface area (Å²) in [5.41, 5.74) is -4.63. The van der Waals surface area contributed by atoms with Crippen molar-refractivity contribution in [1.29, 1.82) is 0 Å². The van der Waals surface area contributed by atoms with Gasteiger partial charge in [-0.3, -0.25) is 0 Å². The Morgan fingerprint density at radius 2 is 1.30 bits per heavy atom. The van der Waals surface area contributed by atoms with E-state index < -0.39 is 19.8 Å². The average Bonchev–Trinajstić information content (AvgIpc) is 2.49. The van der Waals surface area contributed by atoms with E-state index in [-0.39, 0.29) is 11.5 Å². The van der Waals surface area contributed by atoms with Crippen LogP contribution in [0.1, 0.15) is 51.9 Å². The first kappa shape index (κ1) is 20.3. The fourth-order valence-corrected chi connectivity index (χ4v) is 4.66. The van der Waals surface area contributed by atoms with Crippen LogP contribution in [0.15, 0.2) is 30.3 Å². The van der Waals surface area contributed by atoms with Gasteiger partial charge in [0.15, 0.2) is 0 Å². The molecule has 0 saturated heterocycles. The molecule has 1 aromatic rings. The molecule has 0 bridgehead atoms. The van der Waals surface area contributed by atoms with Gasteiger partial charge in [-0.2, -0.15) is 22.0 Å². The van der Waals surface area contributed by atoms with E-state index in [1.807, 2.05) is 0 Å². The van der Waals surface area contributed by atoms with E-state index >= 15 is 0 Å². The highest BCUT2D eigenvalue weighted by Crippen LogP contribution is 2.59. The minimum atomic E-state index is -5.49. The SMILES string of the molecule is CCCCCCCCCP(c1ccccc1)C(F)(F)C(F)(F)F. The summed E-state index contributed by atoms with van der Waals surface area (Å²) in [6.07, 6.45) is 0.835. The smallest absolute Gasteiger partial charge is 0.191 e. The third-order valence-electron chi connectivity index (χ3n) is 3.73. The Morgan fingerprint density at radius 3 is 1.83 bits per heavy atom. The van der Waals surface area contributed by atoms with Gasteiger partial charge in [-0.1, -0.05) is 75.8 Å². The van der Waals surface area contributed by atoms with Gasteiger partial charge in [0.05, 0.1) is 0 Å². The zero-order valence-corrected chi connectivity index (χ0v) is 14.3. The van der Waals surface area contributed by atoms with Crippen molar-refractivity contribution < 1.29 is 22.0 Å². The van der Waals surface area contributed by atoms with Crippen LogP contribution in [0.2, 0.25) is 0 Å². The lowest BCUT2D eigenvalue weighted by molar-refractivity contribution is -0.240. The molecule has 6 heteroatoms. The molecule has 0 N–H and O–H groups in total. The van der Waals surface area contributed by atoms with Crippen molar-refractivity contribution in [2.45, 2.75) is 63.7 Å². The Labute approximate surface area is 136 Å². The molecule has 0 aliphatic heterocycles. The molecule has 0 aliphatic carbocycles. The van der Waals surface area contributed by atoms with E-state index in [1.54, 1.807) is 6.07 Å². The summed E-state index contributed by atoms with van der Waals surface area (Å²) < 4.78 is 66.0. The zero-order valence-electron chi connectivity index (χ0n) is 13.4. The van der Waals surface area contributed by atoms with E-state index in [9.17, 15) is 22.0 Å². The third kappa shape index (κ3) is 6.37. The molecule has 132 valence electrons. The van der Waals surface area contributed by atoms with Crippen molar-refractivity contribution in [3.8, 4) is 0 Å². The highest BCUT2D eigenvalue weighted by molar-refractivity contribution is 7.66.